The predicted octanol–water partition coefficient (Wildman–Crippen LogP) is -0.528. The fourth-order valence-electron chi connectivity index (χ4n) is 3.03. The molecule has 0 N–H and O–H groups in total. The summed E-state index contributed by atoms with van der Waals surface area (Å²) in [6.07, 6.45) is 7.70. The van der Waals surface area contributed by atoms with Gasteiger partial charge in [-0.3, -0.25) is 0 Å². The number of rotatable bonds is 1. The Morgan fingerprint density at radius 2 is 1.50 bits per heavy atom. The van der Waals surface area contributed by atoms with Gasteiger partial charge in [-0.15, -0.1) is 11.6 Å². The third kappa shape index (κ3) is 4.62. The van der Waals surface area contributed by atoms with Gasteiger partial charge >= 0.3 is 26.2 Å². The van der Waals surface area contributed by atoms with Gasteiger partial charge in [0.25, 0.3) is 0 Å². The summed E-state index contributed by atoms with van der Waals surface area (Å²) in [7, 11) is 0. The molecule has 5 rings (SSSR count). The van der Waals surface area contributed by atoms with E-state index in [1.807, 2.05) is 30.3 Å². The van der Waals surface area contributed by atoms with E-state index in [4.69, 9.17) is 0 Å². The molecule has 1 unspecified atom stereocenters. The van der Waals surface area contributed by atoms with Gasteiger partial charge in [0.15, 0.2) is 0 Å². The summed E-state index contributed by atoms with van der Waals surface area (Å²) in [5.74, 6) is 0. The summed E-state index contributed by atoms with van der Waals surface area (Å²) >= 11 is 0. The Morgan fingerprint density at radius 1 is 0.808 bits per heavy atom. The maximum Gasteiger partial charge on any atom is 4.00 e. The molecule has 0 amide bonds. The van der Waals surface area contributed by atoms with Crippen LogP contribution in [0.4, 0.5) is 0 Å². The largest absolute Gasteiger partial charge is 4.00 e. The second kappa shape index (κ2) is 10.6. The number of fused-ring (bicyclic) bond motifs is 2. The molecule has 3 aromatic carbocycles. The SMILES string of the molecule is [C-]1=Cc2ccccc2C1n1ccc2ccccc21.[Cl-].[Cl-].[Zr+4].c1cc[cH-]c1. The molecule has 0 saturated carbocycles. The zero-order valence-electron chi connectivity index (χ0n) is 14.0. The van der Waals surface area contributed by atoms with E-state index >= 15 is 0 Å². The molecule has 1 nitrogen and oxygen atoms in total. The van der Waals surface area contributed by atoms with E-state index in [2.05, 4.69) is 77.5 Å². The summed E-state index contributed by atoms with van der Waals surface area (Å²) < 4.78 is 2.29. The Balaban J connectivity index is 0.000000372. The average molecular weight is 458 g/mol. The molecule has 0 radical (unpaired) electrons. The minimum Gasteiger partial charge on any atom is -1.00 e. The quantitative estimate of drug-likeness (QED) is 0.339. The second-order valence-electron chi connectivity index (χ2n) is 5.59. The van der Waals surface area contributed by atoms with E-state index in [-0.39, 0.29) is 57.1 Å². The number of benzene rings is 2. The van der Waals surface area contributed by atoms with E-state index < -0.39 is 0 Å². The van der Waals surface area contributed by atoms with Crippen molar-refractivity contribution in [2.45, 2.75) is 6.04 Å². The van der Waals surface area contributed by atoms with Crippen molar-refractivity contribution in [3.63, 3.8) is 0 Å². The average Bonchev–Trinajstić information content (AvgIpc) is 3.35. The van der Waals surface area contributed by atoms with Crippen LogP contribution in [-0.2, 0) is 26.2 Å². The molecular formula is C22H17Cl2NZr. The third-order valence-electron chi connectivity index (χ3n) is 4.15. The van der Waals surface area contributed by atoms with E-state index in [0.717, 1.165) is 0 Å². The van der Waals surface area contributed by atoms with Crippen molar-refractivity contribution in [1.82, 2.24) is 4.57 Å². The number of nitrogens with zero attached hydrogens (tertiary/aromatic N) is 1. The number of hydrogen-bond donors (Lipinski definition) is 0. The molecule has 4 heteroatoms. The van der Waals surface area contributed by atoms with Gasteiger partial charge in [-0.25, -0.2) is 24.3 Å². The summed E-state index contributed by atoms with van der Waals surface area (Å²) in [5, 5.41) is 1.28. The minimum atomic E-state index is 0. The number of aromatic nitrogens is 1. The van der Waals surface area contributed by atoms with Crippen LogP contribution in [-0.4, -0.2) is 4.57 Å². The van der Waals surface area contributed by atoms with Gasteiger partial charge < -0.3 is 29.4 Å². The monoisotopic (exact) mass is 455 g/mol. The first-order chi connectivity index (χ1) is 11.4. The first-order valence-electron chi connectivity index (χ1n) is 7.84. The Bertz CT molecular complexity index is 924. The summed E-state index contributed by atoms with van der Waals surface area (Å²) in [5.41, 5.74) is 3.87. The Hall–Kier alpha value is -1.47. The van der Waals surface area contributed by atoms with Gasteiger partial charge in [0, 0.05) is 11.7 Å². The van der Waals surface area contributed by atoms with Gasteiger partial charge in [0.2, 0.25) is 0 Å². The molecule has 1 aliphatic rings. The van der Waals surface area contributed by atoms with E-state index in [0.29, 0.717) is 0 Å². The second-order valence-corrected chi connectivity index (χ2v) is 5.59. The molecule has 0 aliphatic heterocycles. The maximum absolute atomic E-state index is 3.45. The molecule has 1 heterocycles. The Morgan fingerprint density at radius 3 is 2.23 bits per heavy atom. The molecule has 1 aromatic heterocycles. The van der Waals surface area contributed by atoms with Crippen molar-refractivity contribution < 1.29 is 51.0 Å². The zero-order valence-corrected chi connectivity index (χ0v) is 18.0. The van der Waals surface area contributed by atoms with Gasteiger partial charge in [-0.2, -0.15) is 23.8 Å². The number of halogens is 2. The van der Waals surface area contributed by atoms with Crippen molar-refractivity contribution >= 4 is 17.0 Å². The molecule has 0 fully saturated rings. The Kier molecular flexibility index (Phi) is 9.23. The van der Waals surface area contributed by atoms with Crippen LogP contribution < -0.4 is 24.8 Å². The van der Waals surface area contributed by atoms with Crippen molar-refractivity contribution in [3.8, 4) is 0 Å². The zero-order chi connectivity index (χ0) is 15.5. The van der Waals surface area contributed by atoms with Crippen LogP contribution in [0.3, 0.4) is 0 Å². The van der Waals surface area contributed by atoms with Gasteiger partial charge in [-0.1, -0.05) is 36.4 Å². The summed E-state index contributed by atoms with van der Waals surface area (Å²) in [4.78, 5) is 0. The van der Waals surface area contributed by atoms with Crippen LogP contribution in [0, 0.1) is 6.08 Å². The van der Waals surface area contributed by atoms with Crippen molar-refractivity contribution in [2.75, 3.05) is 0 Å². The molecule has 1 atom stereocenters. The van der Waals surface area contributed by atoms with Crippen LogP contribution in [0.5, 0.6) is 0 Å². The van der Waals surface area contributed by atoms with E-state index in [1.54, 1.807) is 0 Å². The Labute approximate surface area is 186 Å². The molecule has 0 saturated heterocycles. The smallest absolute Gasteiger partial charge is 1.00 e. The minimum absolute atomic E-state index is 0. The van der Waals surface area contributed by atoms with Crippen molar-refractivity contribution in [3.05, 3.63) is 108 Å². The number of allylic oxidation sites excluding steroid dienone is 1. The van der Waals surface area contributed by atoms with Gasteiger partial charge in [-0.05, 0) is 23.6 Å². The van der Waals surface area contributed by atoms with E-state index in [9.17, 15) is 0 Å². The van der Waals surface area contributed by atoms with Crippen molar-refractivity contribution in [1.29, 1.82) is 0 Å². The molecule has 26 heavy (non-hydrogen) atoms. The first-order valence-corrected chi connectivity index (χ1v) is 7.84. The standard InChI is InChI=1S/C17H12N.C5H5.2ClH.Zr/c1-3-7-15-13(5-1)9-10-17(15)18-12-11-14-6-2-4-8-16(14)18;1-2-4-5-3-1;;;/h1-9,11-12,17H;1-5H;2*1H;/q2*-1;;;+4/p-2. The normalized spacial score (nSPS) is 13.5. The van der Waals surface area contributed by atoms with Crippen LogP contribution in [0.15, 0.2) is 91.1 Å². The molecule has 4 aromatic rings. The number of hydrogen-bond acceptors (Lipinski definition) is 0. The molecule has 0 spiro atoms. The topological polar surface area (TPSA) is 4.93 Å². The van der Waals surface area contributed by atoms with Gasteiger partial charge in [0.05, 0.1) is 0 Å². The summed E-state index contributed by atoms with van der Waals surface area (Å²) in [6, 6.07) is 29.4. The van der Waals surface area contributed by atoms with E-state index in [1.165, 1.54) is 22.0 Å². The van der Waals surface area contributed by atoms with Crippen LogP contribution in [0.25, 0.3) is 17.0 Å². The third-order valence-corrected chi connectivity index (χ3v) is 4.15. The molecule has 0 bridgehead atoms. The van der Waals surface area contributed by atoms with Crippen molar-refractivity contribution in [2.24, 2.45) is 0 Å². The molecular weight excluding hydrogens is 440 g/mol. The predicted molar refractivity (Wildman–Crippen MR) is 96.3 cm³/mol. The van der Waals surface area contributed by atoms with Gasteiger partial charge in [0.1, 0.15) is 0 Å². The molecule has 1 aliphatic carbocycles. The molecule has 128 valence electrons. The fourth-order valence-corrected chi connectivity index (χ4v) is 3.03. The van der Waals surface area contributed by atoms with Crippen LogP contribution in [0.2, 0.25) is 0 Å². The van der Waals surface area contributed by atoms with Crippen LogP contribution >= 0.6 is 0 Å². The number of para-hydroxylation sites is 1. The first kappa shape index (κ1) is 22.6. The summed E-state index contributed by atoms with van der Waals surface area (Å²) in [6.45, 7) is 0. The fraction of sp³-hybridized carbons (Fsp3) is 0.0455. The maximum atomic E-state index is 3.45. The van der Waals surface area contributed by atoms with Crippen LogP contribution in [0.1, 0.15) is 17.2 Å².